The second-order valence-electron chi connectivity index (χ2n) is 4.65. The fraction of sp³-hybridized carbons (Fsp3) is 0.188. The van der Waals surface area contributed by atoms with Crippen LogP contribution >= 0.6 is 0 Å². The number of halogens is 1. The Balaban J connectivity index is 1.91. The first-order valence-corrected chi connectivity index (χ1v) is 6.59. The number of hydrogen-bond acceptors (Lipinski definition) is 3. The summed E-state index contributed by atoms with van der Waals surface area (Å²) in [5.41, 5.74) is 2.11. The van der Waals surface area contributed by atoms with Gasteiger partial charge in [0.25, 0.3) is 5.91 Å². The zero-order valence-corrected chi connectivity index (χ0v) is 11.7. The molecule has 0 heterocycles. The van der Waals surface area contributed by atoms with Crippen molar-refractivity contribution in [3.05, 3.63) is 65.0 Å². The molecule has 0 unspecified atom stereocenters. The molecule has 1 amide bonds. The van der Waals surface area contributed by atoms with Crippen LogP contribution in [0.25, 0.3) is 0 Å². The predicted octanol–water partition coefficient (Wildman–Crippen LogP) is 2.18. The molecule has 21 heavy (non-hydrogen) atoms. The topological polar surface area (TPSA) is 61.4 Å². The van der Waals surface area contributed by atoms with Gasteiger partial charge in [0, 0.05) is 31.3 Å². The molecule has 0 aliphatic heterocycles. The van der Waals surface area contributed by atoms with E-state index in [-0.39, 0.29) is 17.5 Å². The van der Waals surface area contributed by atoms with Crippen LogP contribution in [0.2, 0.25) is 0 Å². The number of hydrogen-bond donors (Lipinski definition) is 3. The van der Waals surface area contributed by atoms with E-state index in [0.717, 1.165) is 5.56 Å². The molecule has 4 nitrogen and oxygen atoms in total. The van der Waals surface area contributed by atoms with Gasteiger partial charge in [-0.25, -0.2) is 4.39 Å². The maximum Gasteiger partial charge on any atom is 0.251 e. The lowest BCUT2D eigenvalue weighted by atomic mass is 10.1. The fourth-order valence-corrected chi connectivity index (χ4v) is 1.96. The molecule has 2 aromatic carbocycles. The van der Waals surface area contributed by atoms with Crippen molar-refractivity contribution in [2.45, 2.75) is 13.1 Å². The van der Waals surface area contributed by atoms with Crippen LogP contribution in [0.5, 0.6) is 5.75 Å². The molecule has 2 rings (SSSR count). The molecule has 5 heteroatoms. The average molecular weight is 288 g/mol. The number of phenolic OH excluding ortho intramolecular Hbond substituents is 1. The van der Waals surface area contributed by atoms with E-state index in [2.05, 4.69) is 10.6 Å². The molecule has 0 fully saturated rings. The molecule has 0 radical (unpaired) electrons. The molecular weight excluding hydrogens is 271 g/mol. The predicted molar refractivity (Wildman–Crippen MR) is 78.4 cm³/mol. The number of phenols is 1. The third kappa shape index (κ3) is 4.03. The van der Waals surface area contributed by atoms with Crippen molar-refractivity contribution < 1.29 is 14.3 Å². The first-order valence-electron chi connectivity index (χ1n) is 6.59. The molecule has 3 N–H and O–H groups in total. The number of carbonyl (C=O) groups is 1. The van der Waals surface area contributed by atoms with E-state index in [1.54, 1.807) is 19.2 Å². The van der Waals surface area contributed by atoms with E-state index in [1.807, 2.05) is 12.1 Å². The van der Waals surface area contributed by atoms with Crippen molar-refractivity contribution in [1.29, 1.82) is 0 Å². The lowest BCUT2D eigenvalue weighted by Gasteiger charge is -2.08. The minimum atomic E-state index is -0.375. The highest BCUT2D eigenvalue weighted by molar-refractivity contribution is 5.93. The van der Waals surface area contributed by atoms with Crippen LogP contribution in [0.4, 0.5) is 4.39 Å². The Hall–Kier alpha value is -2.40. The smallest absolute Gasteiger partial charge is 0.251 e. The second kappa shape index (κ2) is 6.85. The minimum Gasteiger partial charge on any atom is -0.508 e. The minimum absolute atomic E-state index is 0.0684. The second-order valence-corrected chi connectivity index (χ2v) is 4.65. The van der Waals surface area contributed by atoms with Crippen LogP contribution in [0.1, 0.15) is 21.5 Å². The van der Waals surface area contributed by atoms with Crippen molar-refractivity contribution in [3.63, 3.8) is 0 Å². The molecule has 0 aromatic heterocycles. The number of benzene rings is 2. The van der Waals surface area contributed by atoms with Gasteiger partial charge in [-0.2, -0.15) is 0 Å². The maximum atomic E-state index is 13.1. The normalized spacial score (nSPS) is 10.4. The Bertz CT molecular complexity index is 627. The highest BCUT2D eigenvalue weighted by Gasteiger charge is 2.04. The van der Waals surface area contributed by atoms with Gasteiger partial charge in [-0.15, -0.1) is 0 Å². The Morgan fingerprint density at radius 3 is 2.52 bits per heavy atom. The van der Waals surface area contributed by atoms with E-state index in [1.165, 1.54) is 18.2 Å². The van der Waals surface area contributed by atoms with Crippen LogP contribution in [0.3, 0.4) is 0 Å². The average Bonchev–Trinajstić information content (AvgIpc) is 2.50. The molecule has 110 valence electrons. The first-order chi connectivity index (χ1) is 10.1. The summed E-state index contributed by atoms with van der Waals surface area (Å²) in [4.78, 5) is 11.4. The number of aromatic hydroxyl groups is 1. The highest BCUT2D eigenvalue weighted by atomic mass is 19.1. The Kier molecular flexibility index (Phi) is 4.90. The van der Waals surface area contributed by atoms with E-state index < -0.39 is 0 Å². The molecular formula is C16H17FN2O2. The standard InChI is InChI=1S/C16H17FN2O2/c1-18-16(21)12-4-2-11(3-5-12)9-19-10-13-8-14(17)6-7-15(13)20/h2-8,19-20H,9-10H2,1H3,(H,18,21). The molecule has 0 saturated heterocycles. The quantitative estimate of drug-likeness (QED) is 0.790. The zero-order valence-electron chi connectivity index (χ0n) is 11.7. The molecule has 0 saturated carbocycles. The summed E-state index contributed by atoms with van der Waals surface area (Å²) in [7, 11) is 1.59. The third-order valence-electron chi connectivity index (χ3n) is 3.13. The van der Waals surface area contributed by atoms with E-state index in [0.29, 0.717) is 24.2 Å². The van der Waals surface area contributed by atoms with Gasteiger partial charge in [0.15, 0.2) is 0 Å². The van der Waals surface area contributed by atoms with Crippen LogP contribution < -0.4 is 10.6 Å². The van der Waals surface area contributed by atoms with Gasteiger partial charge >= 0.3 is 0 Å². The van der Waals surface area contributed by atoms with Crippen molar-refractivity contribution in [3.8, 4) is 5.75 Å². The summed E-state index contributed by atoms with van der Waals surface area (Å²) >= 11 is 0. The SMILES string of the molecule is CNC(=O)c1ccc(CNCc2cc(F)ccc2O)cc1. The van der Waals surface area contributed by atoms with Gasteiger partial charge in [0.05, 0.1) is 0 Å². The summed E-state index contributed by atoms with van der Waals surface area (Å²) in [5, 5.41) is 15.3. The number of rotatable bonds is 5. The number of nitrogens with one attached hydrogen (secondary N) is 2. The van der Waals surface area contributed by atoms with Gasteiger partial charge < -0.3 is 15.7 Å². The zero-order chi connectivity index (χ0) is 15.2. The van der Waals surface area contributed by atoms with Gasteiger partial charge in [-0.3, -0.25) is 4.79 Å². The Labute approximate surface area is 122 Å². The molecule has 0 spiro atoms. The van der Waals surface area contributed by atoms with Gasteiger partial charge in [0.1, 0.15) is 11.6 Å². The van der Waals surface area contributed by atoms with Crippen molar-refractivity contribution in [2.24, 2.45) is 0 Å². The number of carbonyl (C=O) groups excluding carboxylic acids is 1. The van der Waals surface area contributed by atoms with Crippen molar-refractivity contribution in [2.75, 3.05) is 7.05 Å². The summed E-state index contributed by atoms with van der Waals surface area (Å²) in [5.74, 6) is -0.433. The Morgan fingerprint density at radius 2 is 1.86 bits per heavy atom. The monoisotopic (exact) mass is 288 g/mol. The van der Waals surface area contributed by atoms with Gasteiger partial charge in [-0.05, 0) is 35.9 Å². The molecule has 0 atom stereocenters. The summed E-state index contributed by atoms with van der Waals surface area (Å²) in [6.07, 6.45) is 0. The van der Waals surface area contributed by atoms with E-state index >= 15 is 0 Å². The first kappa shape index (κ1) is 15.0. The Morgan fingerprint density at radius 1 is 1.14 bits per heavy atom. The van der Waals surface area contributed by atoms with E-state index in [9.17, 15) is 14.3 Å². The lowest BCUT2D eigenvalue weighted by Crippen LogP contribution is -2.18. The molecule has 0 aliphatic rings. The van der Waals surface area contributed by atoms with E-state index in [4.69, 9.17) is 0 Å². The largest absolute Gasteiger partial charge is 0.508 e. The lowest BCUT2D eigenvalue weighted by molar-refractivity contribution is 0.0963. The summed E-state index contributed by atoms with van der Waals surface area (Å²) in [6.45, 7) is 0.921. The van der Waals surface area contributed by atoms with Crippen LogP contribution in [0.15, 0.2) is 42.5 Å². The van der Waals surface area contributed by atoms with Gasteiger partial charge in [-0.1, -0.05) is 12.1 Å². The molecule has 0 bridgehead atoms. The summed E-state index contributed by atoms with van der Waals surface area (Å²) < 4.78 is 13.1. The summed E-state index contributed by atoms with van der Waals surface area (Å²) in [6, 6.07) is 11.1. The van der Waals surface area contributed by atoms with Gasteiger partial charge in [0.2, 0.25) is 0 Å². The number of amides is 1. The highest BCUT2D eigenvalue weighted by Crippen LogP contribution is 2.17. The van der Waals surface area contributed by atoms with Crippen LogP contribution in [0, 0.1) is 5.82 Å². The van der Waals surface area contributed by atoms with Crippen LogP contribution in [-0.2, 0) is 13.1 Å². The molecule has 0 aliphatic carbocycles. The fourth-order valence-electron chi connectivity index (χ4n) is 1.96. The molecule has 2 aromatic rings. The van der Waals surface area contributed by atoms with Crippen molar-refractivity contribution >= 4 is 5.91 Å². The maximum absolute atomic E-state index is 13.1. The third-order valence-corrected chi connectivity index (χ3v) is 3.13. The van der Waals surface area contributed by atoms with Crippen molar-refractivity contribution in [1.82, 2.24) is 10.6 Å². The van der Waals surface area contributed by atoms with Crippen LogP contribution in [-0.4, -0.2) is 18.1 Å².